The fourth-order valence-electron chi connectivity index (χ4n) is 2.44. The Hall–Kier alpha value is -0.440. The van der Waals surface area contributed by atoms with Crippen LogP contribution in [0.2, 0.25) is 10.0 Å². The molecule has 1 saturated heterocycles. The average molecular weight is 287 g/mol. The number of hydrogen-bond acceptors (Lipinski definition) is 2. The summed E-state index contributed by atoms with van der Waals surface area (Å²) in [6.45, 7) is 6.53. The van der Waals surface area contributed by atoms with Crippen molar-refractivity contribution >= 4 is 28.9 Å². The van der Waals surface area contributed by atoms with Crippen LogP contribution < -0.4 is 10.2 Å². The maximum atomic E-state index is 6.26. The van der Waals surface area contributed by atoms with E-state index in [2.05, 4.69) is 23.2 Å². The Balaban J connectivity index is 1.94. The molecule has 2 rings (SSSR count). The zero-order valence-corrected chi connectivity index (χ0v) is 12.3. The van der Waals surface area contributed by atoms with Gasteiger partial charge >= 0.3 is 0 Å². The summed E-state index contributed by atoms with van der Waals surface area (Å²) < 4.78 is 0. The number of halogens is 2. The second-order valence-electron chi connectivity index (χ2n) is 4.88. The van der Waals surface area contributed by atoms with Crippen LogP contribution in [-0.2, 0) is 0 Å². The summed E-state index contributed by atoms with van der Waals surface area (Å²) in [5.41, 5.74) is 1.07. The highest BCUT2D eigenvalue weighted by molar-refractivity contribution is 6.43. The van der Waals surface area contributed by atoms with Crippen molar-refractivity contribution in [2.75, 3.05) is 31.1 Å². The molecule has 1 aromatic carbocycles. The lowest BCUT2D eigenvalue weighted by Crippen LogP contribution is -2.26. The predicted molar refractivity (Wildman–Crippen MR) is 79.9 cm³/mol. The monoisotopic (exact) mass is 286 g/mol. The van der Waals surface area contributed by atoms with E-state index in [0.29, 0.717) is 16.0 Å². The SMILES string of the molecule is CCCNCC1CCN(c2cccc(Cl)c2Cl)C1. The summed E-state index contributed by atoms with van der Waals surface area (Å²) in [4.78, 5) is 2.34. The molecule has 1 N–H and O–H groups in total. The van der Waals surface area contributed by atoms with Crippen LogP contribution in [0.5, 0.6) is 0 Å². The Morgan fingerprint density at radius 2 is 2.22 bits per heavy atom. The van der Waals surface area contributed by atoms with E-state index in [1.54, 1.807) is 0 Å². The highest BCUT2D eigenvalue weighted by atomic mass is 35.5. The van der Waals surface area contributed by atoms with Gasteiger partial charge in [-0.2, -0.15) is 0 Å². The third kappa shape index (κ3) is 3.31. The Morgan fingerprint density at radius 3 is 3.00 bits per heavy atom. The van der Waals surface area contributed by atoms with Crippen LogP contribution >= 0.6 is 23.2 Å². The molecule has 100 valence electrons. The Morgan fingerprint density at radius 1 is 1.39 bits per heavy atom. The van der Waals surface area contributed by atoms with Gasteiger partial charge in [0.25, 0.3) is 0 Å². The topological polar surface area (TPSA) is 15.3 Å². The van der Waals surface area contributed by atoms with E-state index in [1.165, 1.54) is 12.8 Å². The fourth-order valence-corrected chi connectivity index (χ4v) is 2.85. The van der Waals surface area contributed by atoms with Crippen molar-refractivity contribution < 1.29 is 0 Å². The van der Waals surface area contributed by atoms with Gasteiger partial charge in [0.15, 0.2) is 0 Å². The molecule has 1 fully saturated rings. The predicted octanol–water partition coefficient (Wildman–Crippen LogP) is 3.82. The molecule has 18 heavy (non-hydrogen) atoms. The molecule has 1 unspecified atom stereocenters. The standard InChI is InChI=1S/C14H20Cl2N2/c1-2-7-17-9-11-6-8-18(10-11)13-5-3-4-12(15)14(13)16/h3-5,11,17H,2,6-10H2,1H3. The first kappa shape index (κ1) is 14.0. The molecule has 0 saturated carbocycles. The quantitative estimate of drug-likeness (QED) is 0.828. The van der Waals surface area contributed by atoms with Crippen molar-refractivity contribution in [3.05, 3.63) is 28.2 Å². The van der Waals surface area contributed by atoms with Gasteiger partial charge in [0.2, 0.25) is 0 Å². The normalized spacial score (nSPS) is 19.5. The van der Waals surface area contributed by atoms with E-state index in [-0.39, 0.29) is 0 Å². The smallest absolute Gasteiger partial charge is 0.0825 e. The minimum Gasteiger partial charge on any atom is -0.370 e. The number of anilines is 1. The molecule has 1 atom stereocenters. The molecule has 4 heteroatoms. The van der Waals surface area contributed by atoms with Crippen molar-refractivity contribution in [1.29, 1.82) is 0 Å². The second kappa shape index (κ2) is 6.65. The number of nitrogens with one attached hydrogen (secondary N) is 1. The molecule has 0 amide bonds. The van der Waals surface area contributed by atoms with Gasteiger partial charge in [0, 0.05) is 13.1 Å². The molecule has 0 aromatic heterocycles. The van der Waals surface area contributed by atoms with Crippen molar-refractivity contribution in [3.8, 4) is 0 Å². The van der Waals surface area contributed by atoms with Gasteiger partial charge < -0.3 is 10.2 Å². The third-order valence-corrected chi connectivity index (χ3v) is 4.23. The summed E-state index contributed by atoms with van der Waals surface area (Å²) in [5, 5.41) is 4.81. The van der Waals surface area contributed by atoms with Crippen molar-refractivity contribution in [1.82, 2.24) is 5.32 Å². The van der Waals surface area contributed by atoms with Crippen LogP contribution in [0.25, 0.3) is 0 Å². The maximum absolute atomic E-state index is 6.26. The summed E-state index contributed by atoms with van der Waals surface area (Å²) in [7, 11) is 0. The van der Waals surface area contributed by atoms with Crippen LogP contribution in [0.1, 0.15) is 19.8 Å². The Kier molecular flexibility index (Phi) is 5.16. The summed E-state index contributed by atoms with van der Waals surface area (Å²) in [6, 6.07) is 5.85. The summed E-state index contributed by atoms with van der Waals surface area (Å²) in [6.07, 6.45) is 2.41. The van der Waals surface area contributed by atoms with Gasteiger partial charge in [-0.25, -0.2) is 0 Å². The first-order valence-electron chi connectivity index (χ1n) is 6.62. The highest BCUT2D eigenvalue weighted by Gasteiger charge is 2.24. The first-order valence-corrected chi connectivity index (χ1v) is 7.37. The lowest BCUT2D eigenvalue weighted by Gasteiger charge is -2.20. The lowest BCUT2D eigenvalue weighted by molar-refractivity contribution is 0.516. The van der Waals surface area contributed by atoms with Crippen LogP contribution in [0, 0.1) is 5.92 Å². The van der Waals surface area contributed by atoms with Crippen LogP contribution in [-0.4, -0.2) is 26.2 Å². The van der Waals surface area contributed by atoms with Crippen LogP contribution in [0.4, 0.5) is 5.69 Å². The third-order valence-electron chi connectivity index (χ3n) is 3.42. The fraction of sp³-hybridized carbons (Fsp3) is 0.571. The van der Waals surface area contributed by atoms with Gasteiger partial charge in [-0.1, -0.05) is 36.2 Å². The van der Waals surface area contributed by atoms with Crippen molar-refractivity contribution in [2.24, 2.45) is 5.92 Å². The molecule has 1 aliphatic heterocycles. The first-order chi connectivity index (χ1) is 8.72. The molecule has 0 bridgehead atoms. The largest absolute Gasteiger partial charge is 0.370 e. The summed E-state index contributed by atoms with van der Waals surface area (Å²) in [5.74, 6) is 0.714. The zero-order valence-electron chi connectivity index (χ0n) is 10.8. The van der Waals surface area contributed by atoms with Gasteiger partial charge in [-0.3, -0.25) is 0 Å². The number of nitrogens with zero attached hydrogens (tertiary/aromatic N) is 1. The van der Waals surface area contributed by atoms with Gasteiger partial charge in [0.1, 0.15) is 0 Å². The van der Waals surface area contributed by atoms with Crippen molar-refractivity contribution in [2.45, 2.75) is 19.8 Å². The van der Waals surface area contributed by atoms with Gasteiger partial charge in [-0.05, 0) is 44.0 Å². The Labute approximate surface area is 119 Å². The van der Waals surface area contributed by atoms with E-state index in [9.17, 15) is 0 Å². The number of rotatable bonds is 5. The van der Waals surface area contributed by atoms with Crippen LogP contribution in [0.3, 0.4) is 0 Å². The van der Waals surface area contributed by atoms with E-state index in [1.807, 2.05) is 12.1 Å². The molecule has 0 aliphatic carbocycles. The van der Waals surface area contributed by atoms with E-state index < -0.39 is 0 Å². The van der Waals surface area contributed by atoms with Gasteiger partial charge in [-0.15, -0.1) is 0 Å². The second-order valence-corrected chi connectivity index (χ2v) is 5.66. The molecule has 1 heterocycles. The molecule has 2 nitrogen and oxygen atoms in total. The minimum atomic E-state index is 0.640. The van der Waals surface area contributed by atoms with Crippen molar-refractivity contribution in [3.63, 3.8) is 0 Å². The van der Waals surface area contributed by atoms with Crippen LogP contribution in [0.15, 0.2) is 18.2 Å². The number of hydrogen-bond donors (Lipinski definition) is 1. The number of benzene rings is 1. The highest BCUT2D eigenvalue weighted by Crippen LogP contribution is 2.34. The molecule has 1 aliphatic rings. The Bertz CT molecular complexity index is 395. The average Bonchev–Trinajstić information content (AvgIpc) is 2.82. The molecular weight excluding hydrogens is 267 g/mol. The van der Waals surface area contributed by atoms with E-state index in [0.717, 1.165) is 31.9 Å². The molecular formula is C14H20Cl2N2. The van der Waals surface area contributed by atoms with E-state index in [4.69, 9.17) is 23.2 Å². The molecule has 0 spiro atoms. The molecule has 0 radical (unpaired) electrons. The van der Waals surface area contributed by atoms with E-state index >= 15 is 0 Å². The van der Waals surface area contributed by atoms with Gasteiger partial charge in [0.05, 0.1) is 15.7 Å². The maximum Gasteiger partial charge on any atom is 0.0825 e. The molecule has 1 aromatic rings. The minimum absolute atomic E-state index is 0.640. The lowest BCUT2D eigenvalue weighted by atomic mass is 10.1. The summed E-state index contributed by atoms with van der Waals surface area (Å²) >= 11 is 12.3. The zero-order chi connectivity index (χ0) is 13.0.